The lowest BCUT2D eigenvalue weighted by Gasteiger charge is -2.26. The van der Waals surface area contributed by atoms with Crippen molar-refractivity contribution < 1.29 is 9.53 Å². The molecule has 1 aromatic carbocycles. The average Bonchev–Trinajstić information content (AvgIpc) is 2.94. The molecule has 0 atom stereocenters. The molecule has 7 nitrogen and oxygen atoms in total. The number of hydrogen-bond acceptors (Lipinski definition) is 5. The molecule has 26 heavy (non-hydrogen) atoms. The summed E-state index contributed by atoms with van der Waals surface area (Å²) in [4.78, 5) is 17.6. The fourth-order valence-electron chi connectivity index (χ4n) is 3.04. The Morgan fingerprint density at radius 1 is 1.42 bits per heavy atom. The van der Waals surface area contributed by atoms with Gasteiger partial charge in [0.2, 0.25) is 5.91 Å². The van der Waals surface area contributed by atoms with E-state index in [4.69, 9.17) is 4.74 Å². The first-order valence-electron chi connectivity index (χ1n) is 8.47. The molecule has 0 saturated carbocycles. The zero-order valence-electron chi connectivity index (χ0n) is 15.3. The molecule has 0 unspecified atom stereocenters. The van der Waals surface area contributed by atoms with Gasteiger partial charge in [0.1, 0.15) is 0 Å². The standard InChI is InChI=1S/C19H23N5O2/c1-14(25)24-10-8-18-17(12-24)19(22-23(18)2)21-16-6-4-5-15(11-16)7-9-20-13-26-3/h4-7,9,11,13H,8,10,12H2,1-3H3,(H,21,22)/b9-7+,20-13-. The number of nitrogens with zero attached hydrogens (tertiary/aromatic N) is 4. The first-order chi connectivity index (χ1) is 12.6. The van der Waals surface area contributed by atoms with Crippen molar-refractivity contribution in [2.24, 2.45) is 12.0 Å². The van der Waals surface area contributed by atoms with Crippen molar-refractivity contribution in [1.29, 1.82) is 0 Å². The van der Waals surface area contributed by atoms with E-state index in [0.717, 1.165) is 35.6 Å². The monoisotopic (exact) mass is 353 g/mol. The maximum atomic E-state index is 11.7. The number of hydrogen-bond donors (Lipinski definition) is 1. The minimum absolute atomic E-state index is 0.0919. The number of benzene rings is 1. The molecule has 136 valence electrons. The van der Waals surface area contributed by atoms with Crippen LogP contribution in [0.1, 0.15) is 23.7 Å². The maximum Gasteiger partial charge on any atom is 0.219 e. The predicted molar refractivity (Wildman–Crippen MR) is 102 cm³/mol. The zero-order valence-corrected chi connectivity index (χ0v) is 15.3. The summed E-state index contributed by atoms with van der Waals surface area (Å²) in [6.45, 7) is 2.94. The van der Waals surface area contributed by atoms with Gasteiger partial charge in [-0.3, -0.25) is 9.48 Å². The number of nitrogens with one attached hydrogen (secondary N) is 1. The highest BCUT2D eigenvalue weighted by Crippen LogP contribution is 2.28. The zero-order chi connectivity index (χ0) is 18.5. The van der Waals surface area contributed by atoms with E-state index in [-0.39, 0.29) is 5.91 Å². The Bertz CT molecular complexity index is 854. The summed E-state index contributed by atoms with van der Waals surface area (Å²) in [5, 5.41) is 7.99. The van der Waals surface area contributed by atoms with E-state index in [1.54, 1.807) is 20.2 Å². The molecule has 0 spiro atoms. The van der Waals surface area contributed by atoms with E-state index in [0.29, 0.717) is 6.54 Å². The van der Waals surface area contributed by atoms with Crippen LogP contribution in [0.2, 0.25) is 0 Å². The highest BCUT2D eigenvalue weighted by Gasteiger charge is 2.25. The number of aryl methyl sites for hydroxylation is 1. The molecular formula is C19H23N5O2. The first kappa shape index (κ1) is 17.7. The second kappa shape index (κ2) is 7.86. The summed E-state index contributed by atoms with van der Waals surface area (Å²) in [5.74, 6) is 0.890. The largest absolute Gasteiger partial charge is 0.486 e. The molecule has 2 heterocycles. The molecule has 0 saturated heterocycles. The van der Waals surface area contributed by atoms with Crippen molar-refractivity contribution in [2.45, 2.75) is 19.9 Å². The predicted octanol–water partition coefficient (Wildman–Crippen LogP) is 2.71. The number of aromatic nitrogens is 2. The summed E-state index contributed by atoms with van der Waals surface area (Å²) in [6, 6.07) is 7.97. The maximum absolute atomic E-state index is 11.7. The van der Waals surface area contributed by atoms with Gasteiger partial charge in [-0.1, -0.05) is 12.1 Å². The fourth-order valence-corrected chi connectivity index (χ4v) is 3.04. The van der Waals surface area contributed by atoms with Gasteiger partial charge in [0, 0.05) is 50.1 Å². The number of rotatable bonds is 5. The number of carbonyl (C=O) groups is 1. The normalized spacial score (nSPS) is 14.0. The quantitative estimate of drug-likeness (QED) is 0.663. The van der Waals surface area contributed by atoms with E-state index in [2.05, 4.69) is 15.4 Å². The Morgan fingerprint density at radius 2 is 2.27 bits per heavy atom. The van der Waals surface area contributed by atoms with Gasteiger partial charge in [-0.2, -0.15) is 5.10 Å². The van der Waals surface area contributed by atoms with Gasteiger partial charge in [0.15, 0.2) is 12.2 Å². The molecular weight excluding hydrogens is 330 g/mol. The second-order valence-electron chi connectivity index (χ2n) is 6.14. The van der Waals surface area contributed by atoms with Crippen LogP contribution in [0.25, 0.3) is 6.08 Å². The van der Waals surface area contributed by atoms with E-state index < -0.39 is 0 Å². The van der Waals surface area contributed by atoms with E-state index >= 15 is 0 Å². The summed E-state index contributed by atoms with van der Waals surface area (Å²) < 4.78 is 6.67. The van der Waals surface area contributed by atoms with Crippen molar-refractivity contribution in [2.75, 3.05) is 19.0 Å². The van der Waals surface area contributed by atoms with Crippen molar-refractivity contribution in [3.05, 3.63) is 47.3 Å². The molecule has 1 amide bonds. The van der Waals surface area contributed by atoms with Crippen LogP contribution in [-0.4, -0.2) is 40.6 Å². The number of fused-ring (bicyclic) bond motifs is 1. The van der Waals surface area contributed by atoms with Gasteiger partial charge < -0.3 is 15.0 Å². The number of ether oxygens (including phenoxy) is 1. The number of aliphatic imine (C=N–C) groups is 1. The topological polar surface area (TPSA) is 71.8 Å². The molecule has 1 aliphatic heterocycles. The Hall–Kier alpha value is -3.09. The van der Waals surface area contributed by atoms with Gasteiger partial charge in [0.05, 0.1) is 13.7 Å². The molecule has 1 aromatic heterocycles. The lowest BCUT2D eigenvalue weighted by atomic mass is 10.1. The molecule has 1 aliphatic rings. The summed E-state index contributed by atoms with van der Waals surface area (Å²) in [6.07, 6.45) is 5.77. The minimum Gasteiger partial charge on any atom is -0.486 e. The Morgan fingerprint density at radius 3 is 3.04 bits per heavy atom. The Labute approximate surface area is 153 Å². The summed E-state index contributed by atoms with van der Waals surface area (Å²) in [7, 11) is 3.50. The number of methoxy groups -OCH3 is 1. The van der Waals surface area contributed by atoms with Crippen molar-refractivity contribution in [1.82, 2.24) is 14.7 Å². The third-order valence-corrected chi connectivity index (χ3v) is 4.36. The van der Waals surface area contributed by atoms with Crippen molar-refractivity contribution >= 4 is 29.9 Å². The third kappa shape index (κ3) is 3.93. The van der Waals surface area contributed by atoms with Crippen LogP contribution in [-0.2, 0) is 29.5 Å². The summed E-state index contributed by atoms with van der Waals surface area (Å²) >= 11 is 0. The summed E-state index contributed by atoms with van der Waals surface area (Å²) in [5.41, 5.74) is 4.21. The highest BCUT2D eigenvalue weighted by atomic mass is 16.5. The molecule has 0 fully saturated rings. The minimum atomic E-state index is 0.0919. The average molecular weight is 353 g/mol. The molecule has 0 bridgehead atoms. The lowest BCUT2D eigenvalue weighted by Crippen LogP contribution is -2.34. The van der Waals surface area contributed by atoms with Crippen LogP contribution < -0.4 is 5.32 Å². The fraction of sp³-hybridized carbons (Fsp3) is 0.316. The second-order valence-corrected chi connectivity index (χ2v) is 6.14. The van der Waals surface area contributed by atoms with E-state index in [1.807, 2.05) is 47.0 Å². The van der Waals surface area contributed by atoms with Gasteiger partial charge in [0.25, 0.3) is 0 Å². The first-order valence-corrected chi connectivity index (χ1v) is 8.47. The van der Waals surface area contributed by atoms with Gasteiger partial charge >= 0.3 is 0 Å². The van der Waals surface area contributed by atoms with E-state index in [1.165, 1.54) is 12.1 Å². The molecule has 2 aromatic rings. The van der Waals surface area contributed by atoms with Crippen LogP contribution in [0.3, 0.4) is 0 Å². The molecule has 0 aliphatic carbocycles. The van der Waals surface area contributed by atoms with Crippen LogP contribution in [0, 0.1) is 0 Å². The van der Waals surface area contributed by atoms with Crippen molar-refractivity contribution in [3.63, 3.8) is 0 Å². The lowest BCUT2D eigenvalue weighted by molar-refractivity contribution is -0.129. The van der Waals surface area contributed by atoms with Crippen LogP contribution in [0.4, 0.5) is 11.5 Å². The number of amides is 1. The van der Waals surface area contributed by atoms with E-state index in [9.17, 15) is 4.79 Å². The Kier molecular flexibility index (Phi) is 5.36. The Balaban J connectivity index is 1.81. The molecule has 0 radical (unpaired) electrons. The number of anilines is 2. The molecule has 3 rings (SSSR count). The highest BCUT2D eigenvalue weighted by molar-refractivity contribution is 5.74. The van der Waals surface area contributed by atoms with Gasteiger partial charge in [-0.15, -0.1) is 0 Å². The third-order valence-electron chi connectivity index (χ3n) is 4.36. The van der Waals surface area contributed by atoms with Crippen LogP contribution in [0.15, 0.2) is 35.5 Å². The van der Waals surface area contributed by atoms with Crippen LogP contribution >= 0.6 is 0 Å². The van der Waals surface area contributed by atoms with Gasteiger partial charge in [-0.25, -0.2) is 4.99 Å². The molecule has 1 N–H and O–H groups in total. The van der Waals surface area contributed by atoms with Crippen molar-refractivity contribution in [3.8, 4) is 0 Å². The molecule has 7 heteroatoms. The SMILES string of the molecule is CO/C=N\C=C\c1cccc(Nc2nn(C)c3c2CN(C(C)=O)CC3)c1. The van der Waals surface area contributed by atoms with Crippen LogP contribution in [0.5, 0.6) is 0 Å². The number of carbonyl (C=O) groups excluding carboxylic acids is 1. The smallest absolute Gasteiger partial charge is 0.219 e. The van der Waals surface area contributed by atoms with Gasteiger partial charge in [-0.05, 0) is 23.8 Å².